The number of hydrogen-bond donors (Lipinski definition) is 2. The molecule has 2 N–H and O–H groups in total. The fraction of sp³-hybridized carbons (Fsp3) is 0.400. The van der Waals surface area contributed by atoms with Gasteiger partial charge in [0.1, 0.15) is 24.1 Å². The lowest BCUT2D eigenvalue weighted by Crippen LogP contribution is -2.61. The van der Waals surface area contributed by atoms with Crippen LogP contribution in [0.2, 0.25) is 0 Å². The van der Waals surface area contributed by atoms with Gasteiger partial charge in [-0.05, 0) is 72.9 Å². The molecule has 7 rings (SSSR count). The van der Waals surface area contributed by atoms with Crippen LogP contribution in [-0.2, 0) is 27.9 Å². The molecule has 3 aromatic carbocycles. The van der Waals surface area contributed by atoms with E-state index in [1.807, 2.05) is 30.3 Å². The Hall–Kier alpha value is -4.45. The van der Waals surface area contributed by atoms with E-state index in [2.05, 4.69) is 5.32 Å². The van der Waals surface area contributed by atoms with Crippen molar-refractivity contribution in [1.29, 1.82) is 0 Å². The Morgan fingerprint density at radius 3 is 2.40 bits per heavy atom. The first-order valence-corrected chi connectivity index (χ1v) is 15.7. The minimum Gasteiger partial charge on any atom is -0.445 e. The molecule has 246 valence electrons. The maximum absolute atomic E-state index is 14.9. The highest BCUT2D eigenvalue weighted by Crippen LogP contribution is 2.49. The van der Waals surface area contributed by atoms with Gasteiger partial charge in [0, 0.05) is 17.2 Å². The summed E-state index contributed by atoms with van der Waals surface area (Å²) in [6.45, 7) is 0.0769. The lowest BCUT2D eigenvalue weighted by molar-refractivity contribution is -0.137. The van der Waals surface area contributed by atoms with Crippen molar-refractivity contribution < 1.29 is 41.8 Å². The van der Waals surface area contributed by atoms with Gasteiger partial charge in [0.25, 0.3) is 5.91 Å². The van der Waals surface area contributed by atoms with Gasteiger partial charge in [-0.15, -0.1) is 0 Å². The number of fused-ring (bicyclic) bond motifs is 1. The van der Waals surface area contributed by atoms with Gasteiger partial charge in [0.15, 0.2) is 0 Å². The third kappa shape index (κ3) is 6.18. The van der Waals surface area contributed by atoms with E-state index in [0.717, 1.165) is 24.1 Å². The Kier molecular flexibility index (Phi) is 7.73. The zero-order valence-electron chi connectivity index (χ0n) is 25.3. The van der Waals surface area contributed by atoms with Crippen LogP contribution in [-0.4, -0.2) is 58.0 Å². The number of carbonyl (C=O) groups is 3. The summed E-state index contributed by atoms with van der Waals surface area (Å²) >= 11 is 0. The molecule has 2 saturated heterocycles. The monoisotopic (exact) mass is 651 g/mol. The van der Waals surface area contributed by atoms with Crippen LogP contribution in [0.4, 0.5) is 22.4 Å². The number of piperidine rings is 1. The van der Waals surface area contributed by atoms with E-state index in [4.69, 9.17) is 4.74 Å². The molecule has 4 aliphatic rings. The highest BCUT2D eigenvalue weighted by atomic mass is 19.4. The number of alkyl halides is 3. The van der Waals surface area contributed by atoms with Crippen LogP contribution in [0, 0.1) is 17.7 Å². The Morgan fingerprint density at radius 2 is 1.72 bits per heavy atom. The second-order valence-corrected chi connectivity index (χ2v) is 13.1. The summed E-state index contributed by atoms with van der Waals surface area (Å²) in [6.07, 6.45) is -2.68. The van der Waals surface area contributed by atoms with Crippen LogP contribution in [0.5, 0.6) is 0 Å². The topological polar surface area (TPSA) is 99.2 Å². The number of β-amino-alcohol motifs (C(OH)–C–C–N with tert-alkyl or cyclic N) is 1. The summed E-state index contributed by atoms with van der Waals surface area (Å²) in [6, 6.07) is 16.3. The number of nitrogens with zero attached hydrogens (tertiary/aromatic N) is 2. The number of benzene rings is 3. The van der Waals surface area contributed by atoms with Gasteiger partial charge in [-0.3, -0.25) is 9.59 Å². The van der Waals surface area contributed by atoms with Crippen molar-refractivity contribution in [2.75, 3.05) is 13.1 Å². The summed E-state index contributed by atoms with van der Waals surface area (Å²) in [4.78, 5) is 43.0. The molecule has 2 aliphatic carbocycles. The quantitative estimate of drug-likeness (QED) is 0.311. The number of nitrogens with one attached hydrogen (secondary N) is 1. The average Bonchev–Trinajstić information content (AvgIpc) is 3.98. The lowest BCUT2D eigenvalue weighted by Gasteiger charge is -2.46. The number of aliphatic hydroxyl groups is 1. The molecule has 3 amide bonds. The average molecular weight is 652 g/mol. The highest BCUT2D eigenvalue weighted by Gasteiger charge is 2.57. The molecule has 2 heterocycles. The smallest absolute Gasteiger partial charge is 0.416 e. The number of carbonyl (C=O) groups excluding carboxylic acids is 3. The molecule has 47 heavy (non-hydrogen) atoms. The van der Waals surface area contributed by atoms with E-state index in [-0.39, 0.29) is 54.6 Å². The van der Waals surface area contributed by atoms with Crippen LogP contribution in [0.1, 0.15) is 64.3 Å². The van der Waals surface area contributed by atoms with Crippen LogP contribution in [0.25, 0.3) is 0 Å². The highest BCUT2D eigenvalue weighted by molar-refractivity contribution is 5.99. The minimum atomic E-state index is -4.69. The van der Waals surface area contributed by atoms with Gasteiger partial charge >= 0.3 is 12.3 Å². The van der Waals surface area contributed by atoms with Gasteiger partial charge in [0.05, 0.1) is 24.7 Å². The number of amides is 3. The largest absolute Gasteiger partial charge is 0.445 e. The second-order valence-electron chi connectivity index (χ2n) is 13.1. The fourth-order valence-corrected chi connectivity index (χ4v) is 6.87. The standard InChI is InChI=1S/C35H33F4N3O5/c36-27-16-25(35(37,38)39)11-12-26(27)30(21-9-10-21)40-31(43)29-15-23-14-28(23)42(29)32(44)22-7-4-8-24(13-22)34(46)18-41(19-34)33(45)47-17-20-5-2-1-3-6-20/h1-8,11-13,16,21,23,28-30,46H,9-10,14-15,17-19H2,(H,40,43)/t23-,28-,29-,30-/m1/s1. The molecule has 0 bridgehead atoms. The molecule has 8 nitrogen and oxygen atoms in total. The predicted octanol–water partition coefficient (Wildman–Crippen LogP) is 5.56. The summed E-state index contributed by atoms with van der Waals surface area (Å²) in [7, 11) is 0. The normalized spacial score (nSPS) is 23.4. The third-order valence-corrected chi connectivity index (χ3v) is 9.71. The Bertz CT molecular complexity index is 1710. The molecule has 0 aromatic heterocycles. The van der Waals surface area contributed by atoms with E-state index < -0.39 is 47.2 Å². The van der Waals surface area contributed by atoms with Crippen LogP contribution in [0.15, 0.2) is 72.8 Å². The Balaban J connectivity index is 1.02. The van der Waals surface area contributed by atoms with Crippen molar-refractivity contribution in [3.63, 3.8) is 0 Å². The summed E-state index contributed by atoms with van der Waals surface area (Å²) in [5, 5.41) is 14.1. The zero-order chi connectivity index (χ0) is 33.1. The molecule has 4 atom stereocenters. The van der Waals surface area contributed by atoms with Crippen molar-refractivity contribution in [3.05, 3.63) is 106 Å². The van der Waals surface area contributed by atoms with E-state index >= 15 is 0 Å². The maximum Gasteiger partial charge on any atom is 0.416 e. The molecule has 2 saturated carbocycles. The number of ether oxygens (including phenoxy) is 1. The Labute approximate surface area is 268 Å². The first-order valence-electron chi connectivity index (χ1n) is 15.7. The zero-order valence-corrected chi connectivity index (χ0v) is 25.3. The van der Waals surface area contributed by atoms with Crippen molar-refractivity contribution in [1.82, 2.24) is 15.1 Å². The summed E-state index contributed by atoms with van der Waals surface area (Å²) < 4.78 is 59.6. The minimum absolute atomic E-state index is 0.00526. The van der Waals surface area contributed by atoms with Crippen molar-refractivity contribution in [2.45, 2.75) is 62.2 Å². The molecule has 3 aromatic rings. The van der Waals surface area contributed by atoms with Gasteiger partial charge in [-0.1, -0.05) is 48.5 Å². The third-order valence-electron chi connectivity index (χ3n) is 9.71. The van der Waals surface area contributed by atoms with Crippen LogP contribution >= 0.6 is 0 Å². The summed E-state index contributed by atoms with van der Waals surface area (Å²) in [5.74, 6) is -1.86. The van der Waals surface area contributed by atoms with Gasteiger partial charge in [0.2, 0.25) is 5.91 Å². The fourth-order valence-electron chi connectivity index (χ4n) is 6.87. The van der Waals surface area contributed by atoms with Gasteiger partial charge < -0.3 is 25.0 Å². The first-order chi connectivity index (χ1) is 22.4. The van der Waals surface area contributed by atoms with E-state index in [1.165, 1.54) is 4.90 Å². The molecule has 0 spiro atoms. The molecule has 0 radical (unpaired) electrons. The molecule has 2 aliphatic heterocycles. The van der Waals surface area contributed by atoms with Crippen molar-refractivity contribution in [3.8, 4) is 0 Å². The van der Waals surface area contributed by atoms with E-state index in [0.29, 0.717) is 30.9 Å². The SMILES string of the molecule is O=C(N[C@@H](c1ccc(C(F)(F)F)cc1F)C1CC1)[C@H]1C[C@H]2C[C@H]2N1C(=O)c1cccc(C2(O)CN(C(=O)OCc3ccccc3)C2)c1. The van der Waals surface area contributed by atoms with Crippen molar-refractivity contribution >= 4 is 17.9 Å². The maximum atomic E-state index is 14.9. The van der Waals surface area contributed by atoms with Crippen LogP contribution in [0.3, 0.4) is 0 Å². The number of likely N-dealkylation sites (tertiary alicyclic amines) is 2. The van der Waals surface area contributed by atoms with Gasteiger partial charge in [-0.25, -0.2) is 9.18 Å². The second kappa shape index (κ2) is 11.7. The van der Waals surface area contributed by atoms with Crippen LogP contribution < -0.4 is 5.32 Å². The lowest BCUT2D eigenvalue weighted by atomic mass is 9.85. The van der Waals surface area contributed by atoms with Crippen molar-refractivity contribution in [2.24, 2.45) is 11.8 Å². The molecule has 4 fully saturated rings. The van der Waals surface area contributed by atoms with E-state index in [9.17, 15) is 37.1 Å². The first kappa shape index (κ1) is 31.2. The molecule has 12 heteroatoms. The number of hydrogen-bond acceptors (Lipinski definition) is 5. The summed E-state index contributed by atoms with van der Waals surface area (Å²) in [5.41, 5.74) is -0.918. The number of halogens is 4. The predicted molar refractivity (Wildman–Crippen MR) is 160 cm³/mol. The van der Waals surface area contributed by atoms with E-state index in [1.54, 1.807) is 29.2 Å². The van der Waals surface area contributed by atoms with Gasteiger partial charge in [-0.2, -0.15) is 13.2 Å². The molecular weight excluding hydrogens is 618 g/mol. The Morgan fingerprint density at radius 1 is 0.979 bits per heavy atom. The number of rotatable bonds is 8. The molecular formula is C35H33F4N3O5. The molecule has 0 unspecified atom stereocenters.